The van der Waals surface area contributed by atoms with Crippen molar-refractivity contribution in [2.45, 2.75) is 19.4 Å². The fraction of sp³-hybridized carbons (Fsp3) is 0.409. The van der Waals surface area contributed by atoms with Crippen LogP contribution in [0.1, 0.15) is 23.7 Å². The van der Waals surface area contributed by atoms with Gasteiger partial charge in [0.1, 0.15) is 5.75 Å². The van der Waals surface area contributed by atoms with Crippen LogP contribution in [0.5, 0.6) is 5.75 Å². The van der Waals surface area contributed by atoms with E-state index in [4.69, 9.17) is 16.3 Å². The van der Waals surface area contributed by atoms with Gasteiger partial charge in [0, 0.05) is 49.6 Å². The number of methoxy groups -OCH3 is 1. The molecule has 3 rings (SSSR count). The summed E-state index contributed by atoms with van der Waals surface area (Å²) in [7, 11) is 1.67. The number of rotatable bonds is 8. The van der Waals surface area contributed by atoms with Crippen LogP contribution >= 0.6 is 11.6 Å². The van der Waals surface area contributed by atoms with Crippen molar-refractivity contribution in [3.8, 4) is 5.75 Å². The molecule has 9 heteroatoms. The zero-order chi connectivity index (χ0) is 22.1. The topological polar surface area (TPSA) is 90.9 Å². The van der Waals surface area contributed by atoms with E-state index >= 15 is 0 Å². The lowest BCUT2D eigenvalue weighted by molar-refractivity contribution is 0.0954. The molecule has 166 valence electrons. The van der Waals surface area contributed by atoms with Gasteiger partial charge in [-0.25, -0.2) is 0 Å². The Morgan fingerprint density at radius 1 is 1.35 bits per heavy atom. The molecule has 1 amide bonds. The van der Waals surface area contributed by atoms with E-state index in [1.165, 1.54) is 0 Å². The standard InChI is InChI=1S/C22H29ClN6O2/c1-3-25-22(27-11-10-26-21(30)16-5-4-9-24-14-16)28-18-8-12-29(15-18)19-13-17(23)6-7-20(19)31-2/h4-7,9,13-14,18H,3,8,10-12,15H2,1-2H3,(H,26,30)(H2,25,27,28). The van der Waals surface area contributed by atoms with Gasteiger partial charge in [0.15, 0.2) is 5.96 Å². The van der Waals surface area contributed by atoms with Crippen molar-refractivity contribution in [3.63, 3.8) is 0 Å². The summed E-state index contributed by atoms with van der Waals surface area (Å²) in [5, 5.41) is 10.3. The maximum atomic E-state index is 12.1. The molecule has 2 heterocycles. The molecule has 0 radical (unpaired) electrons. The first-order valence-electron chi connectivity index (χ1n) is 10.4. The Labute approximate surface area is 188 Å². The van der Waals surface area contributed by atoms with Crippen molar-refractivity contribution < 1.29 is 9.53 Å². The number of amides is 1. The minimum atomic E-state index is -0.150. The maximum absolute atomic E-state index is 12.1. The van der Waals surface area contributed by atoms with Crippen molar-refractivity contribution in [2.24, 2.45) is 4.99 Å². The lowest BCUT2D eigenvalue weighted by Crippen LogP contribution is -2.45. The first-order chi connectivity index (χ1) is 15.1. The lowest BCUT2D eigenvalue weighted by atomic mass is 10.2. The molecule has 1 aromatic heterocycles. The number of ether oxygens (including phenoxy) is 1. The maximum Gasteiger partial charge on any atom is 0.252 e. The van der Waals surface area contributed by atoms with Gasteiger partial charge in [-0.05, 0) is 43.7 Å². The number of halogens is 1. The highest BCUT2D eigenvalue weighted by Crippen LogP contribution is 2.33. The molecule has 1 atom stereocenters. The number of nitrogens with one attached hydrogen (secondary N) is 3. The van der Waals surface area contributed by atoms with Gasteiger partial charge in [0.05, 0.1) is 24.9 Å². The fourth-order valence-electron chi connectivity index (χ4n) is 3.46. The van der Waals surface area contributed by atoms with E-state index in [1.54, 1.807) is 31.6 Å². The Bertz CT molecular complexity index is 893. The zero-order valence-corrected chi connectivity index (χ0v) is 18.7. The van der Waals surface area contributed by atoms with Gasteiger partial charge in [-0.3, -0.25) is 14.8 Å². The number of aromatic nitrogens is 1. The minimum absolute atomic E-state index is 0.150. The van der Waals surface area contributed by atoms with Gasteiger partial charge < -0.3 is 25.6 Å². The number of pyridine rings is 1. The third-order valence-corrected chi connectivity index (χ3v) is 5.18. The number of nitrogens with zero attached hydrogens (tertiary/aromatic N) is 3. The second kappa shape index (κ2) is 11.4. The summed E-state index contributed by atoms with van der Waals surface area (Å²) in [4.78, 5) is 22.9. The second-order valence-electron chi connectivity index (χ2n) is 7.15. The molecule has 1 fully saturated rings. The summed E-state index contributed by atoms with van der Waals surface area (Å²) in [6.07, 6.45) is 4.16. The molecular formula is C22H29ClN6O2. The van der Waals surface area contributed by atoms with Crippen LogP contribution in [0.2, 0.25) is 5.02 Å². The van der Waals surface area contributed by atoms with Gasteiger partial charge in [0.25, 0.3) is 5.91 Å². The number of hydrogen-bond donors (Lipinski definition) is 3. The van der Waals surface area contributed by atoms with Gasteiger partial charge in [-0.15, -0.1) is 0 Å². The Balaban J connectivity index is 1.52. The smallest absolute Gasteiger partial charge is 0.252 e. The Morgan fingerprint density at radius 2 is 2.23 bits per heavy atom. The van der Waals surface area contributed by atoms with E-state index in [2.05, 4.69) is 30.8 Å². The Hall–Kier alpha value is -3.00. The normalized spacial score (nSPS) is 16.2. The summed E-state index contributed by atoms with van der Waals surface area (Å²) in [5.74, 6) is 1.40. The molecule has 1 aliphatic heterocycles. The molecule has 3 N–H and O–H groups in total. The molecule has 2 aromatic rings. The van der Waals surface area contributed by atoms with Crippen LogP contribution in [-0.2, 0) is 0 Å². The largest absolute Gasteiger partial charge is 0.495 e. The average molecular weight is 445 g/mol. The molecule has 31 heavy (non-hydrogen) atoms. The van der Waals surface area contributed by atoms with Crippen LogP contribution in [0.25, 0.3) is 0 Å². The van der Waals surface area contributed by atoms with E-state index < -0.39 is 0 Å². The second-order valence-corrected chi connectivity index (χ2v) is 7.59. The van der Waals surface area contributed by atoms with Crippen LogP contribution in [0.15, 0.2) is 47.7 Å². The molecule has 0 bridgehead atoms. The number of guanidine groups is 1. The van der Waals surface area contributed by atoms with Crippen LogP contribution in [0.4, 0.5) is 5.69 Å². The number of aliphatic imine (C=N–C) groups is 1. The molecule has 1 unspecified atom stereocenters. The summed E-state index contributed by atoms with van der Waals surface area (Å²) in [6.45, 7) is 5.42. The molecule has 1 aliphatic rings. The highest BCUT2D eigenvalue weighted by atomic mass is 35.5. The molecule has 0 aliphatic carbocycles. The van der Waals surface area contributed by atoms with Crippen molar-refractivity contribution in [3.05, 3.63) is 53.3 Å². The summed E-state index contributed by atoms with van der Waals surface area (Å²) in [6, 6.07) is 9.38. The number of carbonyl (C=O) groups excluding carboxylic acids is 1. The van der Waals surface area contributed by atoms with Gasteiger partial charge in [0.2, 0.25) is 0 Å². The molecule has 0 saturated carbocycles. The zero-order valence-electron chi connectivity index (χ0n) is 17.9. The Morgan fingerprint density at radius 3 is 2.97 bits per heavy atom. The average Bonchev–Trinajstić information content (AvgIpc) is 3.25. The number of carbonyl (C=O) groups is 1. The molecule has 8 nitrogen and oxygen atoms in total. The molecular weight excluding hydrogens is 416 g/mol. The monoisotopic (exact) mass is 444 g/mol. The Kier molecular flexibility index (Phi) is 8.35. The fourth-order valence-corrected chi connectivity index (χ4v) is 3.62. The van der Waals surface area contributed by atoms with Crippen molar-refractivity contribution >= 4 is 29.2 Å². The van der Waals surface area contributed by atoms with Crippen LogP contribution in [0.3, 0.4) is 0 Å². The van der Waals surface area contributed by atoms with Crippen LogP contribution in [-0.4, -0.2) is 62.7 Å². The summed E-state index contributed by atoms with van der Waals surface area (Å²) < 4.78 is 5.49. The summed E-state index contributed by atoms with van der Waals surface area (Å²) in [5.41, 5.74) is 1.54. The minimum Gasteiger partial charge on any atom is -0.495 e. The van der Waals surface area contributed by atoms with E-state index in [0.29, 0.717) is 23.7 Å². The highest BCUT2D eigenvalue weighted by molar-refractivity contribution is 6.30. The third-order valence-electron chi connectivity index (χ3n) is 4.95. The van der Waals surface area contributed by atoms with E-state index in [1.807, 2.05) is 25.1 Å². The molecule has 1 aromatic carbocycles. The molecule has 1 saturated heterocycles. The van der Waals surface area contributed by atoms with Gasteiger partial charge in [-0.2, -0.15) is 0 Å². The van der Waals surface area contributed by atoms with E-state index in [-0.39, 0.29) is 11.9 Å². The van der Waals surface area contributed by atoms with E-state index in [9.17, 15) is 4.79 Å². The number of benzene rings is 1. The van der Waals surface area contributed by atoms with Crippen molar-refractivity contribution in [2.75, 3.05) is 44.7 Å². The third kappa shape index (κ3) is 6.49. The number of hydrogen-bond acceptors (Lipinski definition) is 5. The van der Waals surface area contributed by atoms with E-state index in [0.717, 1.165) is 43.5 Å². The van der Waals surface area contributed by atoms with Crippen molar-refractivity contribution in [1.29, 1.82) is 0 Å². The van der Waals surface area contributed by atoms with Crippen LogP contribution in [0, 0.1) is 0 Å². The summed E-state index contributed by atoms with van der Waals surface area (Å²) >= 11 is 6.19. The SMILES string of the molecule is CCNC(=NCCNC(=O)c1cccnc1)NC1CCN(c2cc(Cl)ccc2OC)C1. The van der Waals surface area contributed by atoms with Crippen molar-refractivity contribution in [1.82, 2.24) is 20.9 Å². The van der Waals surface area contributed by atoms with Gasteiger partial charge >= 0.3 is 0 Å². The van der Waals surface area contributed by atoms with Crippen LogP contribution < -0.4 is 25.6 Å². The number of anilines is 1. The highest BCUT2D eigenvalue weighted by Gasteiger charge is 2.25. The first-order valence-corrected chi connectivity index (χ1v) is 10.8. The van der Waals surface area contributed by atoms with Gasteiger partial charge in [-0.1, -0.05) is 11.6 Å². The lowest BCUT2D eigenvalue weighted by Gasteiger charge is -2.22. The predicted molar refractivity (Wildman–Crippen MR) is 124 cm³/mol. The quantitative estimate of drug-likeness (QED) is 0.329. The molecule has 0 spiro atoms. The first kappa shape index (κ1) is 22.7. The predicted octanol–water partition coefficient (Wildman–Crippen LogP) is 2.31.